The number of carbonyl (C=O) groups excluding carboxylic acids is 2. The van der Waals surface area contributed by atoms with E-state index < -0.39 is 18.0 Å². The molecule has 0 saturated heterocycles. The van der Waals surface area contributed by atoms with Gasteiger partial charge >= 0.3 is 5.97 Å². The summed E-state index contributed by atoms with van der Waals surface area (Å²) in [5.41, 5.74) is 5.47. The molecule has 1 aliphatic heterocycles. The van der Waals surface area contributed by atoms with Crippen LogP contribution >= 0.6 is 34.5 Å². The summed E-state index contributed by atoms with van der Waals surface area (Å²) in [5.74, 6) is -0.983. The predicted octanol–water partition coefficient (Wildman–Crippen LogP) is 7.80. The van der Waals surface area contributed by atoms with Crippen LogP contribution in [0.3, 0.4) is 0 Å². The molecule has 0 radical (unpaired) electrons. The van der Waals surface area contributed by atoms with E-state index in [0.717, 1.165) is 36.3 Å². The molecule has 1 amide bonds. The Balaban J connectivity index is 1.23. The van der Waals surface area contributed by atoms with E-state index in [0.29, 0.717) is 50.3 Å². The van der Waals surface area contributed by atoms with Crippen molar-refractivity contribution in [2.24, 2.45) is 0 Å². The molecule has 1 unspecified atom stereocenters. The van der Waals surface area contributed by atoms with E-state index in [4.69, 9.17) is 32.9 Å². The molecule has 5 aromatic rings. The molecule has 3 heterocycles. The minimum Gasteiger partial charge on any atom is -0.449 e. The first-order valence-corrected chi connectivity index (χ1v) is 15.6. The smallest absolute Gasteiger partial charge is 0.340 e. The lowest BCUT2D eigenvalue weighted by molar-refractivity contribution is -0.124. The first-order valence-electron chi connectivity index (χ1n) is 14.0. The van der Waals surface area contributed by atoms with Crippen LogP contribution in [0.25, 0.3) is 22.2 Å². The van der Waals surface area contributed by atoms with Crippen molar-refractivity contribution in [3.8, 4) is 11.3 Å². The van der Waals surface area contributed by atoms with E-state index in [1.54, 1.807) is 30.5 Å². The summed E-state index contributed by atoms with van der Waals surface area (Å²) in [4.78, 5) is 38.9. The summed E-state index contributed by atoms with van der Waals surface area (Å²) in [6.07, 6.45) is 0.00430. The summed E-state index contributed by atoms with van der Waals surface area (Å²) in [6.45, 7) is 3.96. The van der Waals surface area contributed by atoms with Gasteiger partial charge in [-0.2, -0.15) is 0 Å². The molecule has 10 heteroatoms. The summed E-state index contributed by atoms with van der Waals surface area (Å²) in [5, 5.41) is 6.69. The number of benzene rings is 3. The molecule has 0 aliphatic carbocycles. The number of carbonyl (C=O) groups is 2. The number of nitrogens with zero attached hydrogens (tertiary/aromatic N) is 3. The monoisotopic (exact) mass is 630 g/mol. The fourth-order valence-corrected chi connectivity index (χ4v) is 6.52. The zero-order valence-corrected chi connectivity index (χ0v) is 25.7. The van der Waals surface area contributed by atoms with E-state index in [1.807, 2.05) is 42.5 Å². The second kappa shape index (κ2) is 12.8. The fourth-order valence-electron chi connectivity index (χ4n) is 5.30. The number of pyridine rings is 1. The third-order valence-electron chi connectivity index (χ3n) is 7.43. The molecule has 218 valence electrons. The quantitative estimate of drug-likeness (QED) is 0.176. The maximum absolute atomic E-state index is 13.9. The topological polar surface area (TPSA) is 84.4 Å². The Morgan fingerprint density at radius 3 is 2.63 bits per heavy atom. The third-order valence-corrected chi connectivity index (χ3v) is 8.74. The highest BCUT2D eigenvalue weighted by atomic mass is 35.5. The van der Waals surface area contributed by atoms with Gasteiger partial charge in [-0.05, 0) is 36.2 Å². The van der Waals surface area contributed by atoms with Crippen LogP contribution in [0.2, 0.25) is 10.0 Å². The number of hydrogen-bond acceptors (Lipinski definition) is 7. The van der Waals surface area contributed by atoms with Gasteiger partial charge in [0.25, 0.3) is 5.91 Å². The van der Waals surface area contributed by atoms with Gasteiger partial charge < -0.3 is 4.74 Å². The van der Waals surface area contributed by atoms with E-state index in [2.05, 4.69) is 27.3 Å². The van der Waals surface area contributed by atoms with Gasteiger partial charge in [-0.15, -0.1) is 11.3 Å². The average molecular weight is 632 g/mol. The summed E-state index contributed by atoms with van der Waals surface area (Å²) < 4.78 is 5.91. The molecule has 3 aromatic carbocycles. The number of para-hydroxylation sites is 1. The molecule has 1 N–H and O–H groups in total. The van der Waals surface area contributed by atoms with Crippen LogP contribution < -0.4 is 5.32 Å². The molecule has 0 bridgehead atoms. The maximum Gasteiger partial charge on any atom is 0.340 e. The average Bonchev–Trinajstić information content (AvgIpc) is 3.47. The van der Waals surface area contributed by atoms with Crippen LogP contribution in [0.4, 0.5) is 5.13 Å². The van der Waals surface area contributed by atoms with Gasteiger partial charge in [-0.25, -0.2) is 9.78 Å². The van der Waals surface area contributed by atoms with Crippen LogP contribution in [-0.2, 0) is 29.0 Å². The van der Waals surface area contributed by atoms with Crippen molar-refractivity contribution in [2.75, 3.05) is 11.9 Å². The van der Waals surface area contributed by atoms with Crippen LogP contribution in [0.5, 0.6) is 0 Å². The van der Waals surface area contributed by atoms with Gasteiger partial charge in [0.05, 0.1) is 21.8 Å². The highest BCUT2D eigenvalue weighted by Gasteiger charge is 2.30. The Morgan fingerprint density at radius 1 is 1.05 bits per heavy atom. The largest absolute Gasteiger partial charge is 0.449 e. The summed E-state index contributed by atoms with van der Waals surface area (Å²) in [7, 11) is 0. The van der Waals surface area contributed by atoms with Gasteiger partial charge in [0.1, 0.15) is 0 Å². The number of aromatic nitrogens is 2. The molecule has 43 heavy (non-hydrogen) atoms. The van der Waals surface area contributed by atoms with Crippen molar-refractivity contribution in [1.29, 1.82) is 0 Å². The van der Waals surface area contributed by atoms with E-state index in [9.17, 15) is 9.59 Å². The first-order chi connectivity index (χ1) is 20.9. The number of rotatable bonds is 8. The zero-order chi connectivity index (χ0) is 29.9. The fraction of sp³-hybridized carbons (Fsp3) is 0.212. The second-order valence-electron chi connectivity index (χ2n) is 10.3. The number of esters is 1. The number of hydrogen-bond donors (Lipinski definition) is 1. The van der Waals surface area contributed by atoms with Gasteiger partial charge in [0, 0.05) is 58.7 Å². The van der Waals surface area contributed by atoms with Gasteiger partial charge in [0.2, 0.25) is 0 Å². The Kier molecular flexibility index (Phi) is 8.72. The van der Waals surface area contributed by atoms with E-state index >= 15 is 0 Å². The molecular weight excluding hydrogens is 603 g/mol. The SMILES string of the molecule is CCC(OC(=O)c1c2c(nc3ccccc13)CCN(Cc1ccccc1)C2)C(=O)Nc1nc(-c2ccc(Cl)cc2Cl)cs1. The predicted molar refractivity (Wildman–Crippen MR) is 172 cm³/mol. The molecule has 6 rings (SSSR count). The Labute approximate surface area is 263 Å². The van der Waals surface area contributed by atoms with Gasteiger partial charge in [0.15, 0.2) is 11.2 Å². The summed E-state index contributed by atoms with van der Waals surface area (Å²) >= 11 is 13.6. The molecular formula is C33H28Cl2N4O3S. The number of anilines is 1. The number of nitrogens with one attached hydrogen (secondary N) is 1. The molecule has 0 spiro atoms. The highest BCUT2D eigenvalue weighted by Crippen LogP contribution is 2.33. The first kappa shape index (κ1) is 29.3. The lowest BCUT2D eigenvalue weighted by Crippen LogP contribution is -2.34. The van der Waals surface area contributed by atoms with E-state index in [-0.39, 0.29) is 0 Å². The number of thiazole rings is 1. The molecule has 0 fully saturated rings. The zero-order valence-electron chi connectivity index (χ0n) is 23.3. The van der Waals surface area contributed by atoms with Crippen LogP contribution in [-0.4, -0.2) is 39.4 Å². The Morgan fingerprint density at radius 2 is 1.84 bits per heavy atom. The molecule has 1 aliphatic rings. The van der Waals surface area contributed by atoms with Crippen molar-refractivity contribution >= 4 is 62.4 Å². The highest BCUT2D eigenvalue weighted by molar-refractivity contribution is 7.14. The molecule has 0 saturated carbocycles. The van der Waals surface area contributed by atoms with Gasteiger partial charge in [-0.1, -0.05) is 78.7 Å². The van der Waals surface area contributed by atoms with Crippen molar-refractivity contribution < 1.29 is 14.3 Å². The summed E-state index contributed by atoms with van der Waals surface area (Å²) in [6, 6.07) is 23.0. The van der Waals surface area contributed by atoms with Crippen molar-refractivity contribution in [3.63, 3.8) is 0 Å². The van der Waals surface area contributed by atoms with Gasteiger partial charge in [-0.3, -0.25) is 20.0 Å². The van der Waals surface area contributed by atoms with Crippen molar-refractivity contribution in [2.45, 2.75) is 39.0 Å². The van der Waals surface area contributed by atoms with Crippen LogP contribution in [0.15, 0.2) is 78.2 Å². The normalized spacial score (nSPS) is 13.8. The molecule has 2 aromatic heterocycles. The van der Waals surface area contributed by atoms with Crippen molar-refractivity contribution in [3.05, 3.63) is 111 Å². The standard InChI is InChI=1S/C33H28Cl2N4O3S/c1-2-29(31(40)38-33-37-28(19-43-33)22-13-12-21(34)16-25(22)35)42-32(41)30-23-10-6-7-11-26(23)36-27-14-15-39(18-24(27)30)17-20-8-4-3-5-9-20/h3-13,16,19,29H,2,14-15,17-18H2,1H3,(H,37,38,40). The van der Waals surface area contributed by atoms with E-state index in [1.165, 1.54) is 16.9 Å². The molecule has 7 nitrogen and oxygen atoms in total. The number of ether oxygens (including phenoxy) is 1. The van der Waals surface area contributed by atoms with Crippen molar-refractivity contribution in [1.82, 2.24) is 14.9 Å². The number of fused-ring (bicyclic) bond motifs is 2. The number of halogens is 2. The van der Waals surface area contributed by atoms with Crippen LogP contribution in [0.1, 0.15) is 40.5 Å². The minimum absolute atomic E-state index is 0.296. The maximum atomic E-state index is 13.9. The Bertz CT molecular complexity index is 1810. The lowest BCUT2D eigenvalue weighted by atomic mass is 9.95. The lowest BCUT2D eigenvalue weighted by Gasteiger charge is -2.30. The van der Waals surface area contributed by atoms with Crippen LogP contribution in [0, 0.1) is 0 Å². The minimum atomic E-state index is -1.01. The second-order valence-corrected chi connectivity index (χ2v) is 12.0. The molecule has 1 atom stereocenters. The Hall–Kier alpha value is -3.82. The number of amides is 1. The third kappa shape index (κ3) is 6.43.